The maximum atomic E-state index is 12.2. The molecule has 3 rings (SSSR count). The Bertz CT molecular complexity index is 702. The van der Waals surface area contributed by atoms with Gasteiger partial charge in [0.25, 0.3) is 0 Å². The van der Waals surface area contributed by atoms with E-state index in [1.807, 2.05) is 31.2 Å². The standard InChI is InChI=1S/C17H23N5OS/c1-12-6-5-8-14(10-12)22-17(19-20-21-22)24-11-16(23)18-15-9-4-3-7-13(15)2/h5-6,8,10,13,15H,3-4,7,9,11H2,1-2H3,(H,18,23)/t13-,15-/m0/s1. The van der Waals surface area contributed by atoms with Crippen molar-refractivity contribution < 1.29 is 4.79 Å². The van der Waals surface area contributed by atoms with Crippen molar-refractivity contribution in [2.24, 2.45) is 5.92 Å². The summed E-state index contributed by atoms with van der Waals surface area (Å²) in [5.74, 6) is 0.943. The van der Waals surface area contributed by atoms with Crippen LogP contribution in [0.2, 0.25) is 0 Å². The number of aromatic nitrogens is 4. The molecule has 1 aliphatic rings. The Labute approximate surface area is 146 Å². The molecular formula is C17H23N5OS. The molecule has 0 radical (unpaired) electrons. The van der Waals surface area contributed by atoms with Gasteiger partial charge in [-0.1, -0.05) is 43.7 Å². The van der Waals surface area contributed by atoms with E-state index in [0.29, 0.717) is 22.9 Å². The summed E-state index contributed by atoms with van der Waals surface area (Å²) < 4.78 is 1.67. The average molecular weight is 345 g/mol. The lowest BCUT2D eigenvalue weighted by molar-refractivity contribution is -0.119. The van der Waals surface area contributed by atoms with Gasteiger partial charge in [0, 0.05) is 6.04 Å². The van der Waals surface area contributed by atoms with Gasteiger partial charge in [0.05, 0.1) is 11.4 Å². The Hall–Kier alpha value is -1.89. The molecule has 128 valence electrons. The van der Waals surface area contributed by atoms with Gasteiger partial charge >= 0.3 is 0 Å². The number of nitrogens with one attached hydrogen (secondary N) is 1. The maximum Gasteiger partial charge on any atom is 0.230 e. The van der Waals surface area contributed by atoms with E-state index >= 15 is 0 Å². The summed E-state index contributed by atoms with van der Waals surface area (Å²) in [6.07, 6.45) is 4.75. The van der Waals surface area contributed by atoms with Gasteiger partial charge in [-0.2, -0.15) is 4.68 Å². The van der Waals surface area contributed by atoms with Crippen molar-refractivity contribution in [3.8, 4) is 5.69 Å². The van der Waals surface area contributed by atoms with Crippen LogP contribution >= 0.6 is 11.8 Å². The number of amides is 1. The van der Waals surface area contributed by atoms with Crippen LogP contribution in [0, 0.1) is 12.8 Å². The third-order valence-electron chi connectivity index (χ3n) is 4.48. The normalized spacial score (nSPS) is 20.8. The summed E-state index contributed by atoms with van der Waals surface area (Å²) in [7, 11) is 0. The fourth-order valence-corrected chi connectivity index (χ4v) is 3.80. The highest BCUT2D eigenvalue weighted by Crippen LogP contribution is 2.24. The molecule has 0 spiro atoms. The van der Waals surface area contributed by atoms with E-state index in [4.69, 9.17) is 0 Å². The Morgan fingerprint density at radius 3 is 3.00 bits per heavy atom. The van der Waals surface area contributed by atoms with Crippen molar-refractivity contribution in [1.29, 1.82) is 0 Å². The molecule has 0 saturated heterocycles. The summed E-state index contributed by atoms with van der Waals surface area (Å²) in [6.45, 7) is 4.25. The quantitative estimate of drug-likeness (QED) is 0.844. The number of carbonyl (C=O) groups excluding carboxylic acids is 1. The number of carbonyl (C=O) groups is 1. The van der Waals surface area contributed by atoms with Crippen LogP contribution < -0.4 is 5.32 Å². The smallest absolute Gasteiger partial charge is 0.230 e. The second-order valence-electron chi connectivity index (χ2n) is 6.44. The Morgan fingerprint density at radius 1 is 1.38 bits per heavy atom. The number of hydrogen-bond donors (Lipinski definition) is 1. The van der Waals surface area contributed by atoms with Gasteiger partial charge in [-0.25, -0.2) is 0 Å². The number of thioether (sulfide) groups is 1. The first-order chi connectivity index (χ1) is 11.6. The van der Waals surface area contributed by atoms with Crippen LogP contribution in [0.25, 0.3) is 5.69 Å². The fourth-order valence-electron chi connectivity index (χ4n) is 3.10. The van der Waals surface area contributed by atoms with Crippen LogP contribution in [0.3, 0.4) is 0 Å². The SMILES string of the molecule is Cc1cccc(-n2nnnc2SCC(=O)N[C@H]2CCCC[C@@H]2C)c1. The number of rotatable bonds is 5. The minimum atomic E-state index is 0.0533. The van der Waals surface area contributed by atoms with Crippen LogP contribution in [0.1, 0.15) is 38.2 Å². The van der Waals surface area contributed by atoms with E-state index in [2.05, 4.69) is 27.8 Å². The molecule has 1 fully saturated rings. The predicted octanol–water partition coefficient (Wildman–Crippen LogP) is 2.76. The van der Waals surface area contributed by atoms with Gasteiger partial charge in [0.15, 0.2) is 0 Å². The van der Waals surface area contributed by atoms with Gasteiger partial charge in [-0.15, -0.1) is 5.10 Å². The van der Waals surface area contributed by atoms with Crippen molar-refractivity contribution in [3.63, 3.8) is 0 Å². The van der Waals surface area contributed by atoms with Crippen LogP contribution in [-0.4, -0.2) is 37.9 Å². The molecule has 0 unspecified atom stereocenters. The summed E-state index contributed by atoms with van der Waals surface area (Å²) in [5.41, 5.74) is 2.05. The highest BCUT2D eigenvalue weighted by molar-refractivity contribution is 7.99. The van der Waals surface area contributed by atoms with Crippen LogP contribution in [-0.2, 0) is 4.79 Å². The molecule has 0 aliphatic heterocycles. The fraction of sp³-hybridized carbons (Fsp3) is 0.529. The summed E-state index contributed by atoms with van der Waals surface area (Å²) in [6, 6.07) is 8.28. The first-order valence-corrected chi connectivity index (χ1v) is 9.39. The van der Waals surface area contributed by atoms with Crippen LogP contribution in [0.15, 0.2) is 29.4 Å². The van der Waals surface area contributed by atoms with Crippen molar-refractivity contribution in [2.75, 3.05) is 5.75 Å². The van der Waals surface area contributed by atoms with Crippen molar-refractivity contribution in [1.82, 2.24) is 25.5 Å². The Balaban J connectivity index is 1.59. The molecule has 1 aromatic heterocycles. The number of tetrazole rings is 1. The van der Waals surface area contributed by atoms with Crippen molar-refractivity contribution in [2.45, 2.75) is 50.7 Å². The predicted molar refractivity (Wildman–Crippen MR) is 94.2 cm³/mol. The lowest BCUT2D eigenvalue weighted by atomic mass is 9.86. The molecule has 1 aliphatic carbocycles. The minimum Gasteiger partial charge on any atom is -0.352 e. The zero-order valence-corrected chi connectivity index (χ0v) is 14.9. The molecule has 2 aromatic rings. The van der Waals surface area contributed by atoms with E-state index in [-0.39, 0.29) is 5.91 Å². The van der Waals surface area contributed by atoms with E-state index in [1.165, 1.54) is 31.0 Å². The topological polar surface area (TPSA) is 72.7 Å². The molecule has 1 heterocycles. The first kappa shape index (κ1) is 17.0. The van der Waals surface area contributed by atoms with E-state index < -0.39 is 0 Å². The second-order valence-corrected chi connectivity index (χ2v) is 7.38. The molecule has 1 saturated carbocycles. The van der Waals surface area contributed by atoms with E-state index in [0.717, 1.165) is 17.7 Å². The first-order valence-electron chi connectivity index (χ1n) is 8.41. The minimum absolute atomic E-state index is 0.0533. The number of benzene rings is 1. The highest BCUT2D eigenvalue weighted by atomic mass is 32.2. The van der Waals surface area contributed by atoms with Gasteiger partial charge in [0.1, 0.15) is 0 Å². The van der Waals surface area contributed by atoms with Crippen LogP contribution in [0.4, 0.5) is 0 Å². The van der Waals surface area contributed by atoms with Gasteiger partial charge in [0.2, 0.25) is 11.1 Å². The van der Waals surface area contributed by atoms with Crippen molar-refractivity contribution in [3.05, 3.63) is 29.8 Å². The molecule has 7 heteroatoms. The lowest BCUT2D eigenvalue weighted by Gasteiger charge is -2.29. The van der Waals surface area contributed by atoms with Crippen LogP contribution in [0.5, 0.6) is 0 Å². The zero-order chi connectivity index (χ0) is 16.9. The summed E-state index contributed by atoms with van der Waals surface area (Å²) in [4.78, 5) is 12.2. The Kier molecular flexibility index (Phi) is 5.50. The molecule has 1 aromatic carbocycles. The number of aryl methyl sites for hydroxylation is 1. The van der Waals surface area contributed by atoms with Gasteiger partial charge in [-0.3, -0.25) is 4.79 Å². The second kappa shape index (κ2) is 7.79. The average Bonchev–Trinajstić information content (AvgIpc) is 3.04. The van der Waals surface area contributed by atoms with E-state index in [9.17, 15) is 4.79 Å². The molecule has 1 N–H and O–H groups in total. The van der Waals surface area contributed by atoms with Gasteiger partial charge < -0.3 is 5.32 Å². The molecule has 1 amide bonds. The molecule has 2 atom stereocenters. The maximum absolute atomic E-state index is 12.2. The summed E-state index contributed by atoms with van der Waals surface area (Å²) >= 11 is 1.37. The zero-order valence-electron chi connectivity index (χ0n) is 14.1. The molecule has 0 bridgehead atoms. The highest BCUT2D eigenvalue weighted by Gasteiger charge is 2.23. The molecular weight excluding hydrogens is 322 g/mol. The number of nitrogens with zero attached hydrogens (tertiary/aromatic N) is 4. The summed E-state index contributed by atoms with van der Waals surface area (Å²) in [5, 5.41) is 15.6. The molecule has 6 nitrogen and oxygen atoms in total. The third-order valence-corrected chi connectivity index (χ3v) is 5.40. The third kappa shape index (κ3) is 4.14. The lowest BCUT2D eigenvalue weighted by Crippen LogP contribution is -2.41. The molecule has 24 heavy (non-hydrogen) atoms. The van der Waals surface area contributed by atoms with E-state index in [1.54, 1.807) is 4.68 Å². The van der Waals surface area contributed by atoms with Gasteiger partial charge in [-0.05, 0) is 53.8 Å². The number of hydrogen-bond acceptors (Lipinski definition) is 5. The monoisotopic (exact) mass is 345 g/mol. The largest absolute Gasteiger partial charge is 0.352 e. The van der Waals surface area contributed by atoms with Crippen molar-refractivity contribution >= 4 is 17.7 Å². The Morgan fingerprint density at radius 2 is 2.21 bits per heavy atom.